The molecule has 0 spiro atoms. The maximum absolute atomic E-state index is 12.1. The molecule has 0 aromatic heterocycles. The number of carboxylic acids is 1. The van der Waals surface area contributed by atoms with E-state index < -0.39 is 60.3 Å². The van der Waals surface area contributed by atoms with Crippen molar-refractivity contribution in [3.8, 4) is 0 Å². The molecule has 0 unspecified atom stereocenters. The van der Waals surface area contributed by atoms with E-state index in [9.17, 15) is 24.3 Å². The first-order valence-corrected chi connectivity index (χ1v) is 7.02. The number of carbonyl (C=O) groups is 4. The lowest BCUT2D eigenvalue weighted by Crippen LogP contribution is -2.57. The quantitative estimate of drug-likeness (QED) is 0.265. The third kappa shape index (κ3) is 7.06. The van der Waals surface area contributed by atoms with Crippen molar-refractivity contribution >= 4 is 23.7 Å². The van der Waals surface area contributed by atoms with Gasteiger partial charge in [-0.1, -0.05) is 13.8 Å². The molecule has 0 aliphatic carbocycles. The summed E-state index contributed by atoms with van der Waals surface area (Å²) in [7, 11) is 0. The van der Waals surface area contributed by atoms with Gasteiger partial charge in [0, 0.05) is 0 Å². The van der Waals surface area contributed by atoms with Gasteiger partial charge in [-0.15, -0.1) is 0 Å². The van der Waals surface area contributed by atoms with Crippen molar-refractivity contribution in [2.75, 3.05) is 0 Å². The predicted octanol–water partition coefficient (Wildman–Crippen LogP) is -2.72. The second-order valence-electron chi connectivity index (χ2n) is 5.57. The third-order valence-corrected chi connectivity index (χ3v) is 3.09. The van der Waals surface area contributed by atoms with Crippen LogP contribution >= 0.6 is 0 Å². The number of nitrogens with two attached hydrogens (primary N) is 2. The van der Waals surface area contributed by atoms with Gasteiger partial charge in [0.2, 0.25) is 17.7 Å². The summed E-state index contributed by atoms with van der Waals surface area (Å²) in [5.74, 6) is -4.28. The van der Waals surface area contributed by atoms with E-state index in [0.717, 1.165) is 0 Å². The van der Waals surface area contributed by atoms with Gasteiger partial charge in [0.15, 0.2) is 0 Å². The molecule has 0 aromatic rings. The average molecular weight is 332 g/mol. The molecular weight excluding hydrogens is 308 g/mol. The summed E-state index contributed by atoms with van der Waals surface area (Å²) < 4.78 is 0. The Morgan fingerprint density at radius 3 is 1.91 bits per heavy atom. The minimum atomic E-state index is -1.38. The highest BCUT2D eigenvalue weighted by atomic mass is 16.4. The number of carboxylic acid groups (broad SMARTS) is 1. The second-order valence-corrected chi connectivity index (χ2v) is 5.57. The molecule has 0 radical (unpaired) electrons. The van der Waals surface area contributed by atoms with Gasteiger partial charge in [0.05, 0.1) is 12.5 Å². The summed E-state index contributed by atoms with van der Waals surface area (Å²) in [6, 6.07) is -3.89. The number of rotatable bonds is 9. The fraction of sp³-hybridized carbons (Fsp3) is 0.692. The molecule has 0 rings (SSSR count). The molecule has 23 heavy (non-hydrogen) atoms. The molecule has 3 amide bonds. The molecule has 0 saturated heterocycles. The van der Waals surface area contributed by atoms with Crippen LogP contribution in [0.4, 0.5) is 0 Å². The van der Waals surface area contributed by atoms with Crippen LogP contribution in [0.5, 0.6) is 0 Å². The maximum atomic E-state index is 12.1. The van der Waals surface area contributed by atoms with E-state index in [1.165, 1.54) is 6.92 Å². The van der Waals surface area contributed by atoms with Gasteiger partial charge < -0.3 is 32.3 Å². The average Bonchev–Trinajstić information content (AvgIpc) is 2.41. The first-order valence-electron chi connectivity index (χ1n) is 7.02. The van der Waals surface area contributed by atoms with Crippen molar-refractivity contribution in [3.05, 3.63) is 0 Å². The summed E-state index contributed by atoms with van der Waals surface area (Å²) in [5.41, 5.74) is 10.5. The Labute approximate surface area is 133 Å². The summed E-state index contributed by atoms with van der Waals surface area (Å²) in [6.45, 7) is 4.46. The lowest BCUT2D eigenvalue weighted by Gasteiger charge is -2.24. The third-order valence-electron chi connectivity index (χ3n) is 3.09. The summed E-state index contributed by atoms with van der Waals surface area (Å²) in [6.07, 6.45) is -1.70. The van der Waals surface area contributed by atoms with Crippen molar-refractivity contribution in [2.45, 2.75) is 51.4 Å². The minimum Gasteiger partial charge on any atom is -0.480 e. The number of aliphatic hydroxyl groups excluding tert-OH is 1. The van der Waals surface area contributed by atoms with Crippen LogP contribution in [0.1, 0.15) is 27.2 Å². The predicted molar refractivity (Wildman–Crippen MR) is 79.8 cm³/mol. The van der Waals surface area contributed by atoms with Crippen LogP contribution in [0.3, 0.4) is 0 Å². The van der Waals surface area contributed by atoms with Crippen LogP contribution in [-0.4, -0.2) is 58.1 Å². The topological polar surface area (TPSA) is 185 Å². The van der Waals surface area contributed by atoms with Crippen molar-refractivity contribution in [2.24, 2.45) is 17.4 Å². The highest BCUT2D eigenvalue weighted by molar-refractivity contribution is 5.94. The van der Waals surface area contributed by atoms with Gasteiger partial charge >= 0.3 is 5.97 Å². The molecule has 0 aliphatic heterocycles. The molecule has 8 N–H and O–H groups in total. The van der Waals surface area contributed by atoms with E-state index in [2.05, 4.69) is 10.6 Å². The number of aliphatic hydroxyl groups is 1. The SMILES string of the molecule is CC(C)[C@H](NC(=O)[C@H](CC(N)=O)NC(=O)[C@@H](N)[C@@H](C)O)C(=O)O. The molecule has 0 heterocycles. The Hall–Kier alpha value is -2.20. The fourth-order valence-corrected chi connectivity index (χ4v) is 1.66. The standard InChI is InChI=1S/C13H24N4O6/c1-5(2)10(13(22)23)17-11(20)7(4-8(14)19)16-12(21)9(15)6(3)18/h5-7,9-10,18H,4,15H2,1-3H3,(H2,14,19)(H,16,21)(H,17,20)(H,22,23)/t6-,7+,9+,10+/m1/s1. The summed E-state index contributed by atoms with van der Waals surface area (Å²) in [4.78, 5) is 46.1. The Kier molecular flexibility index (Phi) is 8.19. The van der Waals surface area contributed by atoms with E-state index in [4.69, 9.17) is 16.6 Å². The Bertz CT molecular complexity index is 465. The molecule has 0 bridgehead atoms. The van der Waals surface area contributed by atoms with Crippen molar-refractivity contribution in [3.63, 3.8) is 0 Å². The van der Waals surface area contributed by atoms with Gasteiger partial charge in [-0.25, -0.2) is 4.79 Å². The number of amides is 3. The first-order chi connectivity index (χ1) is 10.5. The smallest absolute Gasteiger partial charge is 0.326 e. The Morgan fingerprint density at radius 2 is 1.57 bits per heavy atom. The molecule has 132 valence electrons. The van der Waals surface area contributed by atoms with Crippen LogP contribution in [0.2, 0.25) is 0 Å². The van der Waals surface area contributed by atoms with Crippen LogP contribution in [0, 0.1) is 5.92 Å². The van der Waals surface area contributed by atoms with Crippen LogP contribution in [-0.2, 0) is 19.2 Å². The van der Waals surface area contributed by atoms with Crippen LogP contribution in [0.25, 0.3) is 0 Å². The van der Waals surface area contributed by atoms with Crippen LogP contribution < -0.4 is 22.1 Å². The van der Waals surface area contributed by atoms with Gasteiger partial charge in [-0.2, -0.15) is 0 Å². The lowest BCUT2D eigenvalue weighted by atomic mass is 10.0. The minimum absolute atomic E-state index is 0.416. The number of carbonyl (C=O) groups excluding carboxylic acids is 3. The highest BCUT2D eigenvalue weighted by Crippen LogP contribution is 2.04. The van der Waals surface area contributed by atoms with E-state index in [1.54, 1.807) is 13.8 Å². The normalized spacial score (nSPS) is 16.1. The molecule has 10 heteroatoms. The number of hydrogen-bond acceptors (Lipinski definition) is 6. The zero-order chi connectivity index (χ0) is 18.3. The van der Waals surface area contributed by atoms with Crippen molar-refractivity contribution in [1.29, 1.82) is 0 Å². The molecule has 10 nitrogen and oxygen atoms in total. The number of aliphatic carboxylic acids is 1. The molecule has 4 atom stereocenters. The molecule has 0 aromatic carbocycles. The first kappa shape index (κ1) is 20.8. The van der Waals surface area contributed by atoms with Crippen molar-refractivity contribution in [1.82, 2.24) is 10.6 Å². The van der Waals surface area contributed by atoms with Gasteiger partial charge in [0.25, 0.3) is 0 Å². The lowest BCUT2D eigenvalue weighted by molar-refractivity contribution is -0.143. The molecule has 0 aliphatic rings. The molecule has 0 saturated carbocycles. The van der Waals surface area contributed by atoms with Crippen molar-refractivity contribution < 1.29 is 29.4 Å². The van der Waals surface area contributed by atoms with Gasteiger partial charge in [0.1, 0.15) is 18.1 Å². The van der Waals surface area contributed by atoms with E-state index in [-0.39, 0.29) is 0 Å². The van der Waals surface area contributed by atoms with E-state index in [1.807, 2.05) is 0 Å². The molecular formula is C13H24N4O6. The summed E-state index contributed by atoms with van der Waals surface area (Å²) in [5, 5.41) is 22.7. The Morgan fingerprint density at radius 1 is 1.04 bits per heavy atom. The number of nitrogens with one attached hydrogen (secondary N) is 2. The van der Waals surface area contributed by atoms with E-state index >= 15 is 0 Å². The molecule has 0 fully saturated rings. The monoisotopic (exact) mass is 332 g/mol. The van der Waals surface area contributed by atoms with E-state index in [0.29, 0.717) is 0 Å². The van der Waals surface area contributed by atoms with Gasteiger partial charge in [-0.05, 0) is 12.8 Å². The Balaban J connectivity index is 5.09. The largest absolute Gasteiger partial charge is 0.480 e. The maximum Gasteiger partial charge on any atom is 0.326 e. The van der Waals surface area contributed by atoms with Gasteiger partial charge in [-0.3, -0.25) is 14.4 Å². The summed E-state index contributed by atoms with van der Waals surface area (Å²) >= 11 is 0. The number of primary amides is 1. The zero-order valence-electron chi connectivity index (χ0n) is 13.3. The highest BCUT2D eigenvalue weighted by Gasteiger charge is 2.31. The van der Waals surface area contributed by atoms with Crippen LogP contribution in [0.15, 0.2) is 0 Å². The second kappa shape index (κ2) is 9.06. The zero-order valence-corrected chi connectivity index (χ0v) is 13.3. The fourth-order valence-electron chi connectivity index (χ4n) is 1.66. The number of hydrogen-bond donors (Lipinski definition) is 6.